The van der Waals surface area contributed by atoms with Gasteiger partial charge in [-0.15, -0.1) is 0 Å². The van der Waals surface area contributed by atoms with Gasteiger partial charge in [-0.3, -0.25) is 4.79 Å². The maximum absolute atomic E-state index is 11.5. The van der Waals surface area contributed by atoms with E-state index >= 15 is 0 Å². The predicted molar refractivity (Wildman–Crippen MR) is 129 cm³/mol. The summed E-state index contributed by atoms with van der Waals surface area (Å²) >= 11 is 3.49. The molecule has 1 heterocycles. The summed E-state index contributed by atoms with van der Waals surface area (Å²) in [6.45, 7) is 4.07. The molecule has 2 aromatic rings. The summed E-state index contributed by atoms with van der Waals surface area (Å²) in [6, 6.07) is 5.68. The number of hydrogen-bond acceptors (Lipinski definition) is 4. The van der Waals surface area contributed by atoms with E-state index in [1.807, 2.05) is 24.5 Å². The Kier molecular flexibility index (Phi) is 9.51. The average Bonchev–Trinajstić information content (AvgIpc) is 2.80. The van der Waals surface area contributed by atoms with Crippen LogP contribution in [0.1, 0.15) is 83.9 Å². The monoisotopic (exact) mass is 486 g/mol. The Hall–Kier alpha value is -1.75. The molecule has 4 nitrogen and oxygen atoms in total. The molecule has 0 unspecified atom stereocenters. The Morgan fingerprint density at radius 2 is 1.68 bits per heavy atom. The normalized spacial score (nSPS) is 18.7. The van der Waals surface area contributed by atoms with Crippen molar-refractivity contribution in [3.05, 3.63) is 40.9 Å². The molecule has 0 spiro atoms. The van der Waals surface area contributed by atoms with E-state index in [9.17, 15) is 4.79 Å². The molecule has 168 valence electrons. The number of rotatable bonds is 10. The van der Waals surface area contributed by atoms with Crippen LogP contribution < -0.4 is 4.74 Å². The number of benzene rings is 1. The van der Waals surface area contributed by atoms with Crippen LogP contribution in [0, 0.1) is 11.8 Å². The van der Waals surface area contributed by atoms with Crippen LogP contribution >= 0.6 is 15.9 Å². The average molecular weight is 487 g/mol. The number of esters is 1. The second kappa shape index (κ2) is 12.3. The molecule has 0 bridgehead atoms. The van der Waals surface area contributed by atoms with Gasteiger partial charge in [0, 0.05) is 30.8 Å². The molecule has 0 amide bonds. The zero-order chi connectivity index (χ0) is 22.1. The number of unbranched alkanes of at least 4 members (excludes halogenated alkanes) is 2. The quantitative estimate of drug-likeness (QED) is 0.197. The van der Waals surface area contributed by atoms with Gasteiger partial charge in [0.2, 0.25) is 0 Å². The molecule has 5 heteroatoms. The summed E-state index contributed by atoms with van der Waals surface area (Å²) in [5, 5.41) is 0. The summed E-state index contributed by atoms with van der Waals surface area (Å²) in [5.74, 6) is 3.02. The SMILES string of the molecule is CCCCC[C@H]1CC[C@H](CCc2ncc(-c3ccc(OC(=O)CC)c(Br)c3)cn2)CC1. The lowest BCUT2D eigenvalue weighted by Gasteiger charge is -2.28. The van der Waals surface area contributed by atoms with Crippen LogP contribution in [0.5, 0.6) is 5.75 Å². The molecule has 0 aliphatic heterocycles. The van der Waals surface area contributed by atoms with Crippen LogP contribution in [0.4, 0.5) is 0 Å². The number of ether oxygens (including phenoxy) is 1. The summed E-state index contributed by atoms with van der Waals surface area (Å²) in [7, 11) is 0. The summed E-state index contributed by atoms with van der Waals surface area (Å²) < 4.78 is 6.06. The largest absolute Gasteiger partial charge is 0.425 e. The molecule has 3 rings (SSSR count). The molecule has 0 radical (unpaired) electrons. The van der Waals surface area contributed by atoms with Gasteiger partial charge in [0.1, 0.15) is 11.6 Å². The van der Waals surface area contributed by atoms with E-state index in [1.54, 1.807) is 13.0 Å². The van der Waals surface area contributed by atoms with Gasteiger partial charge in [-0.05, 0) is 51.9 Å². The molecule has 1 fully saturated rings. The Morgan fingerprint density at radius 1 is 1.00 bits per heavy atom. The fourth-order valence-corrected chi connectivity index (χ4v) is 4.88. The molecular formula is C26H35BrN2O2. The van der Waals surface area contributed by atoms with Crippen LogP contribution in [-0.2, 0) is 11.2 Å². The molecule has 1 aliphatic carbocycles. The standard InChI is InChI=1S/C26H35BrN2O2/c1-3-5-6-7-19-8-10-20(11-9-19)12-15-25-28-17-22(18-29-25)21-13-14-24(23(27)16-21)31-26(30)4-2/h13-14,16-20H,3-12,15H2,1-2H3/t19-,20-. The van der Waals surface area contributed by atoms with Crippen molar-refractivity contribution in [2.45, 2.75) is 84.5 Å². The van der Waals surface area contributed by atoms with Crippen molar-refractivity contribution in [1.82, 2.24) is 9.97 Å². The van der Waals surface area contributed by atoms with E-state index in [0.29, 0.717) is 12.2 Å². The van der Waals surface area contributed by atoms with Gasteiger partial charge in [-0.25, -0.2) is 9.97 Å². The topological polar surface area (TPSA) is 52.1 Å². The van der Waals surface area contributed by atoms with Crippen molar-refractivity contribution >= 4 is 21.9 Å². The fourth-order valence-electron chi connectivity index (χ4n) is 4.42. The molecule has 31 heavy (non-hydrogen) atoms. The first kappa shape index (κ1) is 23.9. The fraction of sp³-hybridized carbons (Fsp3) is 0.577. The van der Waals surface area contributed by atoms with Crippen LogP contribution in [0.15, 0.2) is 35.1 Å². The van der Waals surface area contributed by atoms with E-state index in [4.69, 9.17) is 4.74 Å². The minimum absolute atomic E-state index is 0.244. The molecule has 1 aromatic carbocycles. The number of carbonyl (C=O) groups is 1. The highest BCUT2D eigenvalue weighted by atomic mass is 79.9. The minimum atomic E-state index is -0.244. The molecular weight excluding hydrogens is 452 g/mol. The van der Waals surface area contributed by atoms with Crippen molar-refractivity contribution in [1.29, 1.82) is 0 Å². The first-order valence-electron chi connectivity index (χ1n) is 11.9. The smallest absolute Gasteiger partial charge is 0.310 e. The number of halogens is 1. The highest BCUT2D eigenvalue weighted by Crippen LogP contribution is 2.34. The number of aromatic nitrogens is 2. The van der Waals surface area contributed by atoms with E-state index in [0.717, 1.165) is 39.7 Å². The molecule has 0 N–H and O–H groups in total. The Balaban J connectivity index is 1.47. The predicted octanol–water partition coefficient (Wildman–Crippen LogP) is 7.54. The van der Waals surface area contributed by atoms with Crippen molar-refractivity contribution in [3.8, 4) is 16.9 Å². The van der Waals surface area contributed by atoms with Gasteiger partial charge >= 0.3 is 5.97 Å². The first-order chi connectivity index (χ1) is 15.1. The van der Waals surface area contributed by atoms with Crippen LogP contribution in [0.25, 0.3) is 11.1 Å². The Morgan fingerprint density at radius 3 is 2.29 bits per heavy atom. The second-order valence-corrected chi connectivity index (χ2v) is 9.64. The summed E-state index contributed by atoms with van der Waals surface area (Å²) in [6.07, 6.45) is 17.4. The zero-order valence-corrected chi connectivity index (χ0v) is 20.5. The third-order valence-corrected chi connectivity index (χ3v) is 7.06. The van der Waals surface area contributed by atoms with Crippen LogP contribution in [-0.4, -0.2) is 15.9 Å². The lowest BCUT2D eigenvalue weighted by molar-refractivity contribution is -0.134. The van der Waals surface area contributed by atoms with E-state index in [2.05, 4.69) is 32.8 Å². The van der Waals surface area contributed by atoms with Gasteiger partial charge in [0.05, 0.1) is 4.47 Å². The Bertz CT molecular complexity index is 830. The second-order valence-electron chi connectivity index (χ2n) is 8.78. The third-order valence-electron chi connectivity index (χ3n) is 6.44. The number of carbonyl (C=O) groups excluding carboxylic acids is 1. The van der Waals surface area contributed by atoms with Crippen molar-refractivity contribution in [2.75, 3.05) is 0 Å². The zero-order valence-electron chi connectivity index (χ0n) is 18.9. The van der Waals surface area contributed by atoms with Gasteiger partial charge in [0.15, 0.2) is 0 Å². The van der Waals surface area contributed by atoms with Gasteiger partial charge in [-0.1, -0.05) is 71.3 Å². The summed E-state index contributed by atoms with van der Waals surface area (Å²) in [5.41, 5.74) is 1.96. The van der Waals surface area contributed by atoms with Crippen LogP contribution in [0.2, 0.25) is 0 Å². The molecule has 1 aromatic heterocycles. The number of nitrogens with zero attached hydrogens (tertiary/aromatic N) is 2. The van der Waals surface area contributed by atoms with Gasteiger partial charge in [0.25, 0.3) is 0 Å². The highest BCUT2D eigenvalue weighted by Gasteiger charge is 2.21. The van der Waals surface area contributed by atoms with Gasteiger partial charge in [-0.2, -0.15) is 0 Å². The van der Waals surface area contributed by atoms with Crippen LogP contribution in [0.3, 0.4) is 0 Å². The lowest BCUT2D eigenvalue weighted by Crippen LogP contribution is -2.15. The molecule has 0 saturated heterocycles. The van der Waals surface area contributed by atoms with Crippen molar-refractivity contribution in [2.24, 2.45) is 11.8 Å². The highest BCUT2D eigenvalue weighted by molar-refractivity contribution is 9.10. The maximum atomic E-state index is 11.5. The first-order valence-corrected chi connectivity index (χ1v) is 12.7. The molecule has 0 atom stereocenters. The van der Waals surface area contributed by atoms with Gasteiger partial charge < -0.3 is 4.74 Å². The number of hydrogen-bond donors (Lipinski definition) is 0. The maximum Gasteiger partial charge on any atom is 0.310 e. The summed E-state index contributed by atoms with van der Waals surface area (Å²) in [4.78, 5) is 20.7. The molecule has 1 aliphatic rings. The van der Waals surface area contributed by atoms with E-state index < -0.39 is 0 Å². The Labute approximate surface area is 195 Å². The lowest BCUT2D eigenvalue weighted by atomic mass is 9.78. The third kappa shape index (κ3) is 7.41. The van der Waals surface area contributed by atoms with E-state index in [-0.39, 0.29) is 5.97 Å². The molecule has 1 saturated carbocycles. The van der Waals surface area contributed by atoms with Crippen molar-refractivity contribution in [3.63, 3.8) is 0 Å². The minimum Gasteiger partial charge on any atom is -0.425 e. The number of aryl methyl sites for hydroxylation is 1. The van der Waals surface area contributed by atoms with Crippen molar-refractivity contribution < 1.29 is 9.53 Å². The van der Waals surface area contributed by atoms with E-state index in [1.165, 1.54) is 57.8 Å².